The summed E-state index contributed by atoms with van der Waals surface area (Å²) in [7, 11) is 0. The Morgan fingerprint density at radius 1 is 1.35 bits per heavy atom. The number of benzene rings is 1. The van der Waals surface area contributed by atoms with Crippen LogP contribution in [0.3, 0.4) is 0 Å². The molecule has 0 saturated carbocycles. The molecule has 3 nitrogen and oxygen atoms in total. The van der Waals surface area contributed by atoms with Gasteiger partial charge >= 0.3 is 6.18 Å². The van der Waals surface area contributed by atoms with Gasteiger partial charge in [-0.3, -0.25) is 4.79 Å². The van der Waals surface area contributed by atoms with Crippen molar-refractivity contribution in [3.05, 3.63) is 29.3 Å². The molecule has 1 aliphatic heterocycles. The number of nitrogens with zero attached hydrogens (tertiary/aromatic N) is 1. The standard InChI is InChI=1S/C14H17F3N2O/c1-9-5-2-3-8-19(9)13(20)10-6-4-7-11(12(10)18)14(15,16)17/h4,6-7,9H,2-3,5,8,18H2,1H3. The summed E-state index contributed by atoms with van der Waals surface area (Å²) in [6.07, 6.45) is -1.78. The number of para-hydroxylation sites is 1. The summed E-state index contributed by atoms with van der Waals surface area (Å²) >= 11 is 0. The van der Waals surface area contributed by atoms with Gasteiger partial charge in [-0.2, -0.15) is 13.2 Å². The zero-order chi connectivity index (χ0) is 14.9. The van der Waals surface area contributed by atoms with Crippen LogP contribution >= 0.6 is 0 Å². The van der Waals surface area contributed by atoms with E-state index in [0.29, 0.717) is 6.54 Å². The van der Waals surface area contributed by atoms with E-state index in [0.717, 1.165) is 25.3 Å². The molecule has 1 heterocycles. The maximum atomic E-state index is 12.8. The fourth-order valence-electron chi connectivity index (χ4n) is 2.55. The topological polar surface area (TPSA) is 46.3 Å². The number of piperidine rings is 1. The average Bonchev–Trinajstić information content (AvgIpc) is 2.37. The molecule has 2 N–H and O–H groups in total. The van der Waals surface area contributed by atoms with Crippen molar-refractivity contribution in [2.75, 3.05) is 12.3 Å². The van der Waals surface area contributed by atoms with Gasteiger partial charge in [-0.25, -0.2) is 0 Å². The highest BCUT2D eigenvalue weighted by Crippen LogP contribution is 2.35. The number of nitrogens with two attached hydrogens (primary N) is 1. The third-order valence-corrected chi connectivity index (χ3v) is 3.71. The Hall–Kier alpha value is -1.72. The number of carbonyl (C=O) groups excluding carboxylic acids is 1. The number of nitrogen functional groups attached to an aromatic ring is 1. The zero-order valence-corrected chi connectivity index (χ0v) is 11.2. The van der Waals surface area contributed by atoms with Crippen LogP contribution in [-0.4, -0.2) is 23.4 Å². The Bertz CT molecular complexity index is 514. The first-order valence-electron chi connectivity index (χ1n) is 6.59. The van der Waals surface area contributed by atoms with Gasteiger partial charge in [0.05, 0.1) is 16.8 Å². The lowest BCUT2D eigenvalue weighted by Gasteiger charge is -2.34. The first kappa shape index (κ1) is 14.7. The van der Waals surface area contributed by atoms with E-state index < -0.39 is 23.3 Å². The average molecular weight is 286 g/mol. The van der Waals surface area contributed by atoms with Crippen molar-refractivity contribution in [2.24, 2.45) is 0 Å². The summed E-state index contributed by atoms with van der Waals surface area (Å²) in [6, 6.07) is 3.51. The number of halogens is 3. The molecule has 1 aromatic carbocycles. The molecule has 6 heteroatoms. The van der Waals surface area contributed by atoms with E-state index >= 15 is 0 Å². The van der Waals surface area contributed by atoms with Gasteiger partial charge in [0.1, 0.15) is 0 Å². The second-order valence-electron chi connectivity index (χ2n) is 5.11. The Balaban J connectivity index is 2.35. The maximum absolute atomic E-state index is 12.8. The van der Waals surface area contributed by atoms with Crippen LogP contribution in [0.2, 0.25) is 0 Å². The molecule has 0 bridgehead atoms. The number of carbonyl (C=O) groups is 1. The van der Waals surface area contributed by atoms with E-state index in [2.05, 4.69) is 0 Å². The number of likely N-dealkylation sites (tertiary alicyclic amines) is 1. The van der Waals surface area contributed by atoms with Gasteiger partial charge in [-0.15, -0.1) is 0 Å². The molecular weight excluding hydrogens is 269 g/mol. The van der Waals surface area contributed by atoms with Crippen molar-refractivity contribution >= 4 is 11.6 Å². The van der Waals surface area contributed by atoms with Crippen molar-refractivity contribution in [1.82, 2.24) is 4.90 Å². The molecule has 1 saturated heterocycles. The van der Waals surface area contributed by atoms with Crippen LogP contribution in [0.1, 0.15) is 42.1 Å². The van der Waals surface area contributed by atoms with Gasteiger partial charge in [0.2, 0.25) is 0 Å². The summed E-state index contributed by atoms with van der Waals surface area (Å²) < 4.78 is 38.4. The largest absolute Gasteiger partial charge is 0.418 e. The summed E-state index contributed by atoms with van der Waals surface area (Å²) in [6.45, 7) is 2.47. The third kappa shape index (κ3) is 2.73. The Morgan fingerprint density at radius 2 is 2.05 bits per heavy atom. The van der Waals surface area contributed by atoms with Crippen LogP contribution in [0.15, 0.2) is 18.2 Å². The normalized spacial score (nSPS) is 20.0. The summed E-state index contributed by atoms with van der Waals surface area (Å²) in [4.78, 5) is 14.0. The second-order valence-corrected chi connectivity index (χ2v) is 5.11. The molecule has 1 fully saturated rings. The van der Waals surface area contributed by atoms with Gasteiger partial charge in [-0.1, -0.05) is 6.07 Å². The van der Waals surface area contributed by atoms with Crippen LogP contribution in [0.4, 0.5) is 18.9 Å². The minimum atomic E-state index is -4.55. The highest BCUT2D eigenvalue weighted by Gasteiger charge is 2.35. The molecule has 1 aromatic rings. The van der Waals surface area contributed by atoms with Crippen molar-refractivity contribution in [3.63, 3.8) is 0 Å². The Morgan fingerprint density at radius 3 is 2.65 bits per heavy atom. The van der Waals surface area contributed by atoms with Gasteiger partial charge < -0.3 is 10.6 Å². The van der Waals surface area contributed by atoms with E-state index in [1.54, 1.807) is 4.90 Å². The molecular formula is C14H17F3N2O. The molecule has 0 radical (unpaired) electrons. The summed E-state index contributed by atoms with van der Waals surface area (Å²) in [5.41, 5.74) is 4.06. The molecule has 0 aromatic heterocycles. The van der Waals surface area contributed by atoms with Gasteiger partial charge in [0.15, 0.2) is 0 Å². The van der Waals surface area contributed by atoms with E-state index in [4.69, 9.17) is 5.73 Å². The first-order valence-corrected chi connectivity index (χ1v) is 6.59. The molecule has 1 aliphatic rings. The fourth-order valence-corrected chi connectivity index (χ4v) is 2.55. The highest BCUT2D eigenvalue weighted by molar-refractivity contribution is 6.00. The fraction of sp³-hybridized carbons (Fsp3) is 0.500. The van der Waals surface area contributed by atoms with Crippen molar-refractivity contribution in [2.45, 2.75) is 38.4 Å². The van der Waals surface area contributed by atoms with Crippen LogP contribution in [-0.2, 0) is 6.18 Å². The van der Waals surface area contributed by atoms with Gasteiger partial charge in [0, 0.05) is 12.6 Å². The minimum absolute atomic E-state index is 0.0326. The number of hydrogen-bond donors (Lipinski definition) is 1. The Labute approximate surface area is 115 Å². The molecule has 2 rings (SSSR count). The number of hydrogen-bond acceptors (Lipinski definition) is 2. The van der Waals surface area contributed by atoms with Crippen LogP contribution in [0.25, 0.3) is 0 Å². The summed E-state index contributed by atoms with van der Waals surface area (Å²) in [5, 5.41) is 0. The van der Waals surface area contributed by atoms with Gasteiger partial charge in [-0.05, 0) is 38.3 Å². The van der Waals surface area contributed by atoms with E-state index in [-0.39, 0.29) is 11.6 Å². The van der Waals surface area contributed by atoms with Crippen molar-refractivity contribution in [3.8, 4) is 0 Å². The third-order valence-electron chi connectivity index (χ3n) is 3.71. The maximum Gasteiger partial charge on any atom is 0.418 e. The van der Waals surface area contributed by atoms with E-state index in [9.17, 15) is 18.0 Å². The SMILES string of the molecule is CC1CCCCN1C(=O)c1cccc(C(F)(F)F)c1N. The predicted molar refractivity (Wildman–Crippen MR) is 70.2 cm³/mol. The van der Waals surface area contributed by atoms with E-state index in [1.807, 2.05) is 6.92 Å². The lowest BCUT2D eigenvalue weighted by atomic mass is 10.0. The second kappa shape index (κ2) is 5.34. The van der Waals surface area contributed by atoms with Crippen molar-refractivity contribution < 1.29 is 18.0 Å². The molecule has 110 valence electrons. The number of amides is 1. The Kier molecular flexibility index (Phi) is 3.92. The minimum Gasteiger partial charge on any atom is -0.398 e. The van der Waals surface area contributed by atoms with Crippen LogP contribution < -0.4 is 5.73 Å². The molecule has 20 heavy (non-hydrogen) atoms. The number of alkyl halides is 3. The van der Waals surface area contributed by atoms with Crippen LogP contribution in [0.5, 0.6) is 0 Å². The molecule has 1 unspecified atom stereocenters. The zero-order valence-electron chi connectivity index (χ0n) is 11.2. The van der Waals surface area contributed by atoms with Crippen LogP contribution in [0, 0.1) is 0 Å². The lowest BCUT2D eigenvalue weighted by Crippen LogP contribution is -2.42. The van der Waals surface area contributed by atoms with Crippen molar-refractivity contribution in [1.29, 1.82) is 0 Å². The monoisotopic (exact) mass is 286 g/mol. The molecule has 1 amide bonds. The quantitative estimate of drug-likeness (QED) is 0.805. The predicted octanol–water partition coefficient (Wildman–Crippen LogP) is 3.30. The molecule has 0 aliphatic carbocycles. The van der Waals surface area contributed by atoms with Gasteiger partial charge in [0.25, 0.3) is 5.91 Å². The first-order chi connectivity index (χ1) is 9.32. The molecule has 1 atom stereocenters. The summed E-state index contributed by atoms with van der Waals surface area (Å²) in [5.74, 6) is -0.416. The smallest absolute Gasteiger partial charge is 0.398 e. The molecule has 0 spiro atoms. The number of rotatable bonds is 1. The number of anilines is 1. The van der Waals surface area contributed by atoms with E-state index in [1.165, 1.54) is 12.1 Å². The lowest BCUT2D eigenvalue weighted by molar-refractivity contribution is -0.136. The highest BCUT2D eigenvalue weighted by atomic mass is 19.4.